The summed E-state index contributed by atoms with van der Waals surface area (Å²) in [5, 5.41) is 19.6. The number of carbonyl (C=O) groups excluding carboxylic acids is 1. The molecule has 7 nitrogen and oxygen atoms in total. The Morgan fingerprint density at radius 3 is 2.67 bits per heavy atom. The fourth-order valence-corrected chi connectivity index (χ4v) is 4.77. The summed E-state index contributed by atoms with van der Waals surface area (Å²) in [5.41, 5.74) is 4.00. The smallest absolute Gasteiger partial charge is 0.226 e. The van der Waals surface area contributed by atoms with E-state index in [0.717, 1.165) is 53.6 Å². The molecule has 0 aliphatic carbocycles. The lowest BCUT2D eigenvalue weighted by Crippen LogP contribution is -2.33. The first-order valence-corrected chi connectivity index (χ1v) is 12.1. The van der Waals surface area contributed by atoms with Crippen LogP contribution in [-0.4, -0.2) is 40.4 Å². The molecule has 0 atom stereocenters. The predicted molar refractivity (Wildman–Crippen MR) is 129 cm³/mol. The number of carbonyl (C=O) groups is 1. The lowest BCUT2D eigenvalue weighted by atomic mass is 10.0. The third kappa shape index (κ3) is 5.49. The molecule has 2 aromatic heterocycles. The highest BCUT2D eigenvalue weighted by Crippen LogP contribution is 2.36. The van der Waals surface area contributed by atoms with Crippen LogP contribution in [0.25, 0.3) is 21.8 Å². The number of nitriles is 1. The van der Waals surface area contributed by atoms with Crippen LogP contribution in [0.2, 0.25) is 0 Å². The van der Waals surface area contributed by atoms with Crippen LogP contribution >= 0.6 is 11.3 Å². The van der Waals surface area contributed by atoms with Crippen molar-refractivity contribution >= 4 is 17.2 Å². The highest BCUT2D eigenvalue weighted by Gasteiger charge is 2.24. The molecule has 8 heteroatoms. The standard InChI is InChI=1S/C25H29N5O2S/c1-25(2,3)30-23(19-6-4-17(13-26)5-7-19)21(15-28-30)24-29-20(16-33-24)12-22(31)27-14-18-8-10-32-11-9-18/h4-7,15-16,18H,8-12,14H2,1-3H3,(H,27,31). The van der Waals surface area contributed by atoms with Crippen molar-refractivity contribution in [3.05, 3.63) is 47.1 Å². The zero-order chi connectivity index (χ0) is 23.4. The van der Waals surface area contributed by atoms with Gasteiger partial charge in [0, 0.05) is 30.7 Å². The highest BCUT2D eigenvalue weighted by atomic mass is 32.1. The molecule has 0 bridgehead atoms. The summed E-state index contributed by atoms with van der Waals surface area (Å²) in [7, 11) is 0. The van der Waals surface area contributed by atoms with E-state index >= 15 is 0 Å². The number of benzene rings is 1. The molecule has 172 valence electrons. The number of nitrogens with one attached hydrogen (secondary N) is 1. The van der Waals surface area contributed by atoms with Gasteiger partial charge in [-0.3, -0.25) is 9.48 Å². The lowest BCUT2D eigenvalue weighted by Gasteiger charge is -2.23. The van der Waals surface area contributed by atoms with E-state index in [1.165, 1.54) is 11.3 Å². The second-order valence-electron chi connectivity index (χ2n) is 9.36. The summed E-state index contributed by atoms with van der Waals surface area (Å²) in [4.78, 5) is 17.2. The van der Waals surface area contributed by atoms with Gasteiger partial charge in [-0.2, -0.15) is 10.4 Å². The molecule has 1 amide bonds. The monoisotopic (exact) mass is 463 g/mol. The van der Waals surface area contributed by atoms with Gasteiger partial charge in [0.25, 0.3) is 0 Å². The fraction of sp³-hybridized carbons (Fsp3) is 0.440. The Morgan fingerprint density at radius 2 is 2.00 bits per heavy atom. The van der Waals surface area contributed by atoms with Gasteiger partial charge in [-0.15, -0.1) is 11.3 Å². The summed E-state index contributed by atoms with van der Waals surface area (Å²) < 4.78 is 7.37. The predicted octanol–water partition coefficient (Wildman–Crippen LogP) is 4.39. The molecule has 1 aliphatic heterocycles. The minimum Gasteiger partial charge on any atom is -0.381 e. The second-order valence-corrected chi connectivity index (χ2v) is 10.2. The van der Waals surface area contributed by atoms with Crippen LogP contribution in [0.15, 0.2) is 35.8 Å². The van der Waals surface area contributed by atoms with Gasteiger partial charge >= 0.3 is 0 Å². The maximum atomic E-state index is 12.5. The van der Waals surface area contributed by atoms with Crippen LogP contribution in [0.3, 0.4) is 0 Å². The second kappa shape index (κ2) is 9.86. The molecular weight excluding hydrogens is 434 g/mol. The van der Waals surface area contributed by atoms with Crippen molar-refractivity contribution in [3.63, 3.8) is 0 Å². The van der Waals surface area contributed by atoms with Crippen LogP contribution in [0.5, 0.6) is 0 Å². The van der Waals surface area contributed by atoms with Gasteiger partial charge in [-0.1, -0.05) is 12.1 Å². The summed E-state index contributed by atoms with van der Waals surface area (Å²) in [6, 6.07) is 9.68. The van der Waals surface area contributed by atoms with Gasteiger partial charge in [-0.25, -0.2) is 4.98 Å². The van der Waals surface area contributed by atoms with Crippen LogP contribution < -0.4 is 5.32 Å². The largest absolute Gasteiger partial charge is 0.381 e. The zero-order valence-corrected chi connectivity index (χ0v) is 20.1. The van der Waals surface area contributed by atoms with Crippen LogP contribution in [0.1, 0.15) is 44.9 Å². The van der Waals surface area contributed by atoms with Gasteiger partial charge in [0.15, 0.2) is 0 Å². The van der Waals surface area contributed by atoms with Crippen molar-refractivity contribution in [2.45, 2.75) is 45.6 Å². The molecule has 0 unspecified atom stereocenters. The molecule has 1 N–H and O–H groups in total. The van der Waals surface area contributed by atoms with E-state index < -0.39 is 0 Å². The van der Waals surface area contributed by atoms with Crippen molar-refractivity contribution in [1.29, 1.82) is 5.26 Å². The Morgan fingerprint density at radius 1 is 1.27 bits per heavy atom. The van der Waals surface area contributed by atoms with Gasteiger partial charge in [0.2, 0.25) is 5.91 Å². The molecule has 3 aromatic rings. The van der Waals surface area contributed by atoms with Crippen molar-refractivity contribution in [3.8, 4) is 27.9 Å². The van der Waals surface area contributed by atoms with E-state index in [9.17, 15) is 4.79 Å². The molecule has 4 rings (SSSR count). The number of thiazole rings is 1. The molecule has 1 aromatic carbocycles. The van der Waals surface area contributed by atoms with E-state index in [0.29, 0.717) is 18.0 Å². The van der Waals surface area contributed by atoms with Crippen molar-refractivity contribution in [2.75, 3.05) is 19.8 Å². The first kappa shape index (κ1) is 23.1. The van der Waals surface area contributed by atoms with Crippen LogP contribution in [0.4, 0.5) is 0 Å². The number of hydrogen-bond donors (Lipinski definition) is 1. The average Bonchev–Trinajstić information content (AvgIpc) is 3.45. The van der Waals surface area contributed by atoms with E-state index in [4.69, 9.17) is 15.0 Å². The maximum Gasteiger partial charge on any atom is 0.226 e. The Hall–Kier alpha value is -3.02. The molecule has 3 heterocycles. The summed E-state index contributed by atoms with van der Waals surface area (Å²) in [6.07, 6.45) is 4.10. The van der Waals surface area contributed by atoms with Gasteiger partial charge in [0.05, 0.1) is 46.7 Å². The van der Waals surface area contributed by atoms with Crippen molar-refractivity contribution < 1.29 is 9.53 Å². The molecule has 1 fully saturated rings. The lowest BCUT2D eigenvalue weighted by molar-refractivity contribution is -0.120. The summed E-state index contributed by atoms with van der Waals surface area (Å²) in [6.45, 7) is 8.56. The first-order chi connectivity index (χ1) is 15.8. The molecule has 0 saturated carbocycles. The zero-order valence-electron chi connectivity index (χ0n) is 19.3. The normalized spacial score (nSPS) is 14.7. The number of amides is 1. The topological polar surface area (TPSA) is 92.8 Å². The molecule has 0 radical (unpaired) electrons. The van der Waals surface area contributed by atoms with E-state index in [2.05, 4.69) is 37.3 Å². The SMILES string of the molecule is CC(C)(C)n1ncc(-c2nc(CC(=O)NCC3CCOCC3)cs2)c1-c1ccc(C#N)cc1. The number of aromatic nitrogens is 3. The Bertz CT molecular complexity index is 1140. The van der Waals surface area contributed by atoms with Crippen LogP contribution in [-0.2, 0) is 21.5 Å². The van der Waals surface area contributed by atoms with Gasteiger partial charge < -0.3 is 10.1 Å². The summed E-state index contributed by atoms with van der Waals surface area (Å²) in [5.74, 6) is 0.489. The quantitative estimate of drug-likeness (QED) is 0.585. The van der Waals surface area contributed by atoms with E-state index in [-0.39, 0.29) is 17.9 Å². The van der Waals surface area contributed by atoms with Crippen LogP contribution in [0, 0.1) is 17.2 Å². The maximum absolute atomic E-state index is 12.5. The molecule has 33 heavy (non-hydrogen) atoms. The Kier molecular flexibility index (Phi) is 6.91. The van der Waals surface area contributed by atoms with Gasteiger partial charge in [0.1, 0.15) is 5.01 Å². The van der Waals surface area contributed by atoms with Gasteiger partial charge in [-0.05, 0) is 51.7 Å². The minimum absolute atomic E-state index is 0.00366. The van der Waals surface area contributed by atoms with Crippen molar-refractivity contribution in [2.24, 2.45) is 5.92 Å². The molecular formula is C25H29N5O2S. The molecule has 1 saturated heterocycles. The summed E-state index contributed by atoms with van der Waals surface area (Å²) >= 11 is 1.52. The van der Waals surface area contributed by atoms with E-state index in [1.807, 2.05) is 40.5 Å². The Balaban J connectivity index is 1.54. The Labute approximate surface area is 198 Å². The van der Waals surface area contributed by atoms with Crippen molar-refractivity contribution in [1.82, 2.24) is 20.1 Å². The fourth-order valence-electron chi connectivity index (χ4n) is 3.94. The number of ether oxygens (including phenoxy) is 1. The average molecular weight is 464 g/mol. The third-order valence-electron chi connectivity index (χ3n) is 5.74. The first-order valence-electron chi connectivity index (χ1n) is 11.2. The third-order valence-corrected chi connectivity index (χ3v) is 6.67. The van der Waals surface area contributed by atoms with E-state index in [1.54, 1.807) is 0 Å². The minimum atomic E-state index is -0.231. The molecule has 0 spiro atoms. The number of nitrogens with zero attached hydrogens (tertiary/aromatic N) is 4. The number of hydrogen-bond acceptors (Lipinski definition) is 6. The molecule has 1 aliphatic rings. The highest BCUT2D eigenvalue weighted by molar-refractivity contribution is 7.13. The number of rotatable bonds is 6.